The average molecular weight is 682 g/mol. The maximum atomic E-state index is 6.79. The Morgan fingerprint density at radius 3 is 1.87 bits per heavy atom. The smallest absolute Gasteiger partial charge is 0.165 e. The second-order valence-electron chi connectivity index (χ2n) is 13.1. The quantitative estimate of drug-likeness (QED) is 0.185. The zero-order chi connectivity index (χ0) is 34.2. The topological polar surface area (TPSA) is 51.8 Å². The van der Waals surface area contributed by atoms with Gasteiger partial charge in [0.25, 0.3) is 0 Å². The van der Waals surface area contributed by atoms with Crippen LogP contribution in [0.2, 0.25) is 0 Å². The predicted octanol–water partition coefficient (Wildman–Crippen LogP) is 13.1. The summed E-state index contributed by atoms with van der Waals surface area (Å²) in [6.45, 7) is 0. The fraction of sp³-hybridized carbons (Fsp3) is 0. The van der Waals surface area contributed by atoms with Crippen LogP contribution in [0.3, 0.4) is 0 Å². The minimum absolute atomic E-state index is 0.623. The lowest BCUT2D eigenvalue weighted by Gasteiger charge is -2.12. The van der Waals surface area contributed by atoms with Crippen molar-refractivity contribution in [1.29, 1.82) is 0 Å². The molecule has 3 aromatic heterocycles. The number of rotatable bonds is 4. The molecular weight excluding hydrogens is 655 g/mol. The molecule has 4 nitrogen and oxygen atoms in total. The highest BCUT2D eigenvalue weighted by Gasteiger charge is 2.21. The van der Waals surface area contributed by atoms with E-state index in [1.165, 1.54) is 25.6 Å². The fourth-order valence-corrected chi connectivity index (χ4v) is 8.86. The van der Waals surface area contributed by atoms with Gasteiger partial charge in [-0.05, 0) is 46.0 Å². The van der Waals surface area contributed by atoms with Gasteiger partial charge in [0.15, 0.2) is 17.5 Å². The molecule has 0 radical (unpaired) electrons. The molecule has 0 aliphatic rings. The Labute approximate surface area is 302 Å². The van der Waals surface area contributed by atoms with Crippen LogP contribution in [0.1, 0.15) is 0 Å². The second-order valence-corrected chi connectivity index (χ2v) is 14.2. The number of benzene rings is 8. The lowest BCUT2D eigenvalue weighted by molar-refractivity contribution is 0.674. The van der Waals surface area contributed by atoms with Crippen molar-refractivity contribution in [1.82, 2.24) is 15.0 Å². The van der Waals surface area contributed by atoms with Gasteiger partial charge >= 0.3 is 0 Å². The Morgan fingerprint density at radius 1 is 0.365 bits per heavy atom. The van der Waals surface area contributed by atoms with Gasteiger partial charge in [0.05, 0.1) is 0 Å². The number of furan rings is 1. The third-order valence-electron chi connectivity index (χ3n) is 10.1. The minimum atomic E-state index is 0.623. The first kappa shape index (κ1) is 29.1. The Balaban J connectivity index is 1.21. The summed E-state index contributed by atoms with van der Waals surface area (Å²) in [5, 5.41) is 8.90. The third-order valence-corrected chi connectivity index (χ3v) is 11.3. The van der Waals surface area contributed by atoms with Gasteiger partial charge < -0.3 is 4.42 Å². The summed E-state index contributed by atoms with van der Waals surface area (Å²) in [7, 11) is 0. The van der Waals surface area contributed by atoms with Crippen molar-refractivity contribution >= 4 is 75.0 Å². The molecule has 0 amide bonds. The number of hydrogen-bond acceptors (Lipinski definition) is 5. The Kier molecular flexibility index (Phi) is 6.39. The van der Waals surface area contributed by atoms with Crippen LogP contribution in [0.25, 0.3) is 109 Å². The van der Waals surface area contributed by atoms with Crippen LogP contribution >= 0.6 is 11.3 Å². The van der Waals surface area contributed by atoms with Gasteiger partial charge in [0.1, 0.15) is 11.2 Å². The largest absolute Gasteiger partial charge is 0.455 e. The van der Waals surface area contributed by atoms with Crippen LogP contribution in [-0.4, -0.2) is 15.0 Å². The average Bonchev–Trinajstić information content (AvgIpc) is 3.79. The van der Waals surface area contributed by atoms with E-state index in [-0.39, 0.29) is 0 Å². The van der Waals surface area contributed by atoms with Gasteiger partial charge in [0, 0.05) is 58.6 Å². The summed E-state index contributed by atoms with van der Waals surface area (Å²) in [4.78, 5) is 15.8. The van der Waals surface area contributed by atoms with Crippen LogP contribution in [0.15, 0.2) is 168 Å². The zero-order valence-electron chi connectivity index (χ0n) is 27.7. The second kappa shape index (κ2) is 11.4. The third kappa shape index (κ3) is 4.50. The van der Waals surface area contributed by atoms with E-state index in [2.05, 4.69) is 158 Å². The van der Waals surface area contributed by atoms with Crippen molar-refractivity contribution in [3.05, 3.63) is 164 Å². The number of thiophene rings is 1. The highest BCUT2D eigenvalue weighted by molar-refractivity contribution is 7.26. The summed E-state index contributed by atoms with van der Waals surface area (Å²) in [6.07, 6.45) is 0. The van der Waals surface area contributed by atoms with Crippen molar-refractivity contribution < 1.29 is 4.42 Å². The van der Waals surface area contributed by atoms with E-state index in [4.69, 9.17) is 19.4 Å². The van der Waals surface area contributed by atoms with Gasteiger partial charge in [-0.15, -0.1) is 11.3 Å². The monoisotopic (exact) mass is 681 g/mol. The van der Waals surface area contributed by atoms with Gasteiger partial charge in [-0.3, -0.25) is 0 Å². The van der Waals surface area contributed by atoms with Crippen molar-refractivity contribution in [2.45, 2.75) is 0 Å². The molecule has 0 atom stereocenters. The van der Waals surface area contributed by atoms with Crippen LogP contribution in [0, 0.1) is 0 Å². The zero-order valence-corrected chi connectivity index (χ0v) is 28.6. The highest BCUT2D eigenvalue weighted by atomic mass is 32.1. The maximum Gasteiger partial charge on any atom is 0.165 e. The van der Waals surface area contributed by atoms with E-state index in [0.29, 0.717) is 17.5 Å². The predicted molar refractivity (Wildman–Crippen MR) is 217 cm³/mol. The molecule has 0 unspecified atom stereocenters. The molecule has 3 heterocycles. The van der Waals surface area contributed by atoms with Crippen molar-refractivity contribution in [3.63, 3.8) is 0 Å². The molecule has 0 aliphatic carbocycles. The number of para-hydroxylation sites is 1. The van der Waals surface area contributed by atoms with E-state index >= 15 is 0 Å². The summed E-state index contributed by atoms with van der Waals surface area (Å²) >= 11 is 1.78. The Hall–Kier alpha value is -6.69. The summed E-state index contributed by atoms with van der Waals surface area (Å²) in [6, 6.07) is 57.3. The number of fused-ring (bicyclic) bond motifs is 9. The normalized spacial score (nSPS) is 11.8. The molecule has 5 heteroatoms. The number of aromatic nitrogens is 3. The van der Waals surface area contributed by atoms with E-state index in [1.807, 2.05) is 6.07 Å². The maximum absolute atomic E-state index is 6.79. The summed E-state index contributed by atoms with van der Waals surface area (Å²) in [5.41, 5.74) is 6.79. The first-order valence-electron chi connectivity index (χ1n) is 17.4. The molecule has 8 aromatic carbocycles. The first-order valence-corrected chi connectivity index (χ1v) is 18.2. The molecular formula is C47H27N3OS. The van der Waals surface area contributed by atoms with E-state index in [1.54, 1.807) is 11.3 Å². The van der Waals surface area contributed by atoms with Gasteiger partial charge in [-0.1, -0.05) is 140 Å². The Bertz CT molecular complexity index is 3200. The minimum Gasteiger partial charge on any atom is -0.455 e. The molecule has 0 saturated carbocycles. The van der Waals surface area contributed by atoms with E-state index in [9.17, 15) is 0 Å². The molecule has 0 N–H and O–H groups in total. The number of nitrogens with zero attached hydrogens (tertiary/aromatic N) is 3. The van der Waals surface area contributed by atoms with Crippen molar-refractivity contribution in [2.24, 2.45) is 0 Å². The van der Waals surface area contributed by atoms with Crippen molar-refractivity contribution in [3.8, 4) is 45.3 Å². The Morgan fingerprint density at radius 2 is 1.00 bits per heavy atom. The van der Waals surface area contributed by atoms with Gasteiger partial charge in [0.2, 0.25) is 0 Å². The lowest BCUT2D eigenvalue weighted by atomic mass is 9.98. The SMILES string of the molecule is c1ccc(-c2cccc3c2oc2c4ccccc4c(-c4nc(-c5ccc6ccccc6c5)nc(-c5cccc6c5sc5ccccc56)n4)cc32)cc1. The molecule has 11 rings (SSSR count). The molecule has 0 fully saturated rings. The van der Waals surface area contributed by atoms with Gasteiger partial charge in [-0.25, -0.2) is 15.0 Å². The highest BCUT2D eigenvalue weighted by Crippen LogP contribution is 2.43. The lowest BCUT2D eigenvalue weighted by Crippen LogP contribution is -2.01. The van der Waals surface area contributed by atoms with E-state index < -0.39 is 0 Å². The van der Waals surface area contributed by atoms with Gasteiger partial charge in [-0.2, -0.15) is 0 Å². The molecule has 0 aliphatic heterocycles. The van der Waals surface area contributed by atoms with Crippen LogP contribution in [-0.2, 0) is 0 Å². The standard InChI is InChI=1S/C47H27N3OS/c1-2-13-29(14-3-1)32-19-10-20-36-39-27-40(33-16-6-7-18-35(33)43(39)51-42(32)36)47-49-45(31-25-24-28-12-4-5-15-30(28)26-31)48-46(50-47)38-22-11-21-37-34-17-8-9-23-41(34)52-44(37)38/h1-27H. The molecule has 11 aromatic rings. The summed E-state index contributed by atoms with van der Waals surface area (Å²) < 4.78 is 9.20. The molecule has 0 bridgehead atoms. The number of hydrogen-bond donors (Lipinski definition) is 0. The fourth-order valence-electron chi connectivity index (χ4n) is 7.65. The molecule has 0 spiro atoms. The van der Waals surface area contributed by atoms with Crippen molar-refractivity contribution in [2.75, 3.05) is 0 Å². The molecule has 0 saturated heterocycles. The van der Waals surface area contributed by atoms with Crippen LogP contribution < -0.4 is 0 Å². The summed E-state index contributed by atoms with van der Waals surface area (Å²) in [5.74, 6) is 1.91. The van der Waals surface area contributed by atoms with E-state index in [0.717, 1.165) is 65.9 Å². The first-order chi connectivity index (χ1) is 25.8. The molecule has 52 heavy (non-hydrogen) atoms. The van der Waals surface area contributed by atoms with Crippen LogP contribution in [0.4, 0.5) is 0 Å². The van der Waals surface area contributed by atoms with Crippen LogP contribution in [0.5, 0.6) is 0 Å². The molecule has 242 valence electrons.